The Balaban J connectivity index is 4.28. The van der Waals surface area contributed by atoms with Gasteiger partial charge in [0.15, 0.2) is 0 Å². The first kappa shape index (κ1) is 9.89. The SMILES string of the molecule is CCOC(=O)[C@](F)(C#N)CC. The van der Waals surface area contributed by atoms with Crippen molar-refractivity contribution in [2.75, 3.05) is 6.61 Å². The summed E-state index contributed by atoms with van der Waals surface area (Å²) in [5.41, 5.74) is -2.46. The first-order chi connectivity index (χ1) is 5.10. The highest BCUT2D eigenvalue weighted by atomic mass is 19.1. The Morgan fingerprint density at radius 2 is 2.27 bits per heavy atom. The predicted octanol–water partition coefficient (Wildman–Crippen LogP) is 1.19. The molecule has 0 aliphatic rings. The summed E-state index contributed by atoms with van der Waals surface area (Å²) in [6.45, 7) is 3.07. The molecule has 0 aliphatic heterocycles. The molecule has 0 saturated heterocycles. The van der Waals surface area contributed by atoms with Gasteiger partial charge in [0.2, 0.25) is 0 Å². The minimum atomic E-state index is -2.46. The molecule has 0 spiro atoms. The number of hydrogen-bond acceptors (Lipinski definition) is 3. The third-order valence-electron chi connectivity index (χ3n) is 1.26. The maximum absolute atomic E-state index is 13.0. The summed E-state index contributed by atoms with van der Waals surface area (Å²) in [5, 5.41) is 8.26. The monoisotopic (exact) mass is 159 g/mol. The van der Waals surface area contributed by atoms with E-state index in [1.807, 2.05) is 0 Å². The topological polar surface area (TPSA) is 50.1 Å². The van der Waals surface area contributed by atoms with E-state index in [0.717, 1.165) is 0 Å². The highest BCUT2D eigenvalue weighted by Crippen LogP contribution is 2.16. The van der Waals surface area contributed by atoms with Gasteiger partial charge in [-0.1, -0.05) is 6.92 Å². The molecular weight excluding hydrogens is 149 g/mol. The highest BCUT2D eigenvalue weighted by Gasteiger charge is 2.38. The summed E-state index contributed by atoms with van der Waals surface area (Å²) in [5.74, 6) is -1.09. The molecule has 0 bridgehead atoms. The van der Waals surface area contributed by atoms with E-state index in [-0.39, 0.29) is 13.0 Å². The van der Waals surface area contributed by atoms with Crippen LogP contribution in [0, 0.1) is 11.3 Å². The smallest absolute Gasteiger partial charge is 0.358 e. The second-order valence-corrected chi connectivity index (χ2v) is 1.99. The van der Waals surface area contributed by atoms with Gasteiger partial charge >= 0.3 is 5.97 Å². The largest absolute Gasteiger partial charge is 0.463 e. The standard InChI is InChI=1S/C7H10FNO2/c1-3-7(8,5-9)6(10)11-4-2/h3-4H2,1-2H3/t7-/m1/s1. The van der Waals surface area contributed by atoms with Crippen molar-refractivity contribution in [2.24, 2.45) is 0 Å². The summed E-state index contributed by atoms with van der Waals surface area (Å²) in [6.07, 6.45) is -0.178. The van der Waals surface area contributed by atoms with Crippen LogP contribution < -0.4 is 0 Å². The van der Waals surface area contributed by atoms with Crippen LogP contribution in [0.5, 0.6) is 0 Å². The molecule has 0 aliphatic carbocycles. The van der Waals surface area contributed by atoms with Crippen molar-refractivity contribution in [3.63, 3.8) is 0 Å². The molecule has 0 saturated carbocycles. The number of esters is 1. The summed E-state index contributed by atoms with van der Waals surface area (Å²) >= 11 is 0. The fourth-order valence-corrected chi connectivity index (χ4v) is 0.515. The Kier molecular flexibility index (Phi) is 3.52. The number of nitriles is 1. The van der Waals surface area contributed by atoms with Crippen molar-refractivity contribution in [3.8, 4) is 6.07 Å². The zero-order valence-corrected chi connectivity index (χ0v) is 6.56. The molecule has 0 aromatic rings. The molecule has 0 rings (SSSR count). The van der Waals surface area contributed by atoms with Crippen LogP contribution in [0.25, 0.3) is 0 Å². The van der Waals surface area contributed by atoms with Gasteiger partial charge < -0.3 is 4.74 Å². The van der Waals surface area contributed by atoms with E-state index in [2.05, 4.69) is 4.74 Å². The van der Waals surface area contributed by atoms with Crippen LogP contribution in [-0.4, -0.2) is 18.2 Å². The minimum absolute atomic E-state index is 0.0895. The van der Waals surface area contributed by atoms with Crippen molar-refractivity contribution in [3.05, 3.63) is 0 Å². The molecule has 11 heavy (non-hydrogen) atoms. The zero-order chi connectivity index (χ0) is 8.91. The molecule has 4 heteroatoms. The number of hydrogen-bond donors (Lipinski definition) is 0. The van der Waals surface area contributed by atoms with E-state index >= 15 is 0 Å². The molecule has 0 amide bonds. The average molecular weight is 159 g/mol. The molecule has 0 N–H and O–H groups in total. The number of halogens is 1. The molecule has 0 aromatic carbocycles. The number of rotatable bonds is 3. The van der Waals surface area contributed by atoms with Crippen molar-refractivity contribution in [2.45, 2.75) is 25.9 Å². The van der Waals surface area contributed by atoms with Gasteiger partial charge in [-0.25, -0.2) is 9.18 Å². The fourth-order valence-electron chi connectivity index (χ4n) is 0.515. The first-order valence-corrected chi connectivity index (χ1v) is 3.38. The van der Waals surface area contributed by atoms with E-state index < -0.39 is 11.6 Å². The predicted molar refractivity (Wildman–Crippen MR) is 36.4 cm³/mol. The molecule has 0 heterocycles. The minimum Gasteiger partial charge on any atom is -0.463 e. The number of ether oxygens (including phenoxy) is 1. The van der Waals surface area contributed by atoms with Crippen molar-refractivity contribution in [1.29, 1.82) is 5.26 Å². The van der Waals surface area contributed by atoms with Crippen LogP contribution >= 0.6 is 0 Å². The summed E-state index contributed by atoms with van der Waals surface area (Å²) in [4.78, 5) is 10.7. The van der Waals surface area contributed by atoms with E-state index in [0.29, 0.717) is 0 Å². The highest BCUT2D eigenvalue weighted by molar-refractivity contribution is 5.82. The Hall–Kier alpha value is -1.11. The Labute approximate surface area is 64.8 Å². The third-order valence-corrected chi connectivity index (χ3v) is 1.26. The molecule has 0 aromatic heterocycles. The molecule has 1 atom stereocenters. The van der Waals surface area contributed by atoms with Gasteiger partial charge in [-0.15, -0.1) is 0 Å². The van der Waals surface area contributed by atoms with Crippen LogP contribution in [0.2, 0.25) is 0 Å². The van der Waals surface area contributed by atoms with Crippen molar-refractivity contribution in [1.82, 2.24) is 0 Å². The average Bonchev–Trinajstić information content (AvgIpc) is 2.03. The lowest BCUT2D eigenvalue weighted by Gasteiger charge is -2.12. The summed E-state index contributed by atoms with van der Waals surface area (Å²) in [6, 6.07) is 1.27. The number of carbonyl (C=O) groups is 1. The van der Waals surface area contributed by atoms with Crippen molar-refractivity contribution < 1.29 is 13.9 Å². The fraction of sp³-hybridized carbons (Fsp3) is 0.714. The lowest BCUT2D eigenvalue weighted by Crippen LogP contribution is -2.33. The van der Waals surface area contributed by atoms with Crippen molar-refractivity contribution >= 4 is 5.97 Å². The Bertz CT molecular complexity index is 187. The van der Waals surface area contributed by atoms with Crippen LogP contribution in [0.15, 0.2) is 0 Å². The molecule has 0 radical (unpaired) electrons. The van der Waals surface area contributed by atoms with Gasteiger partial charge in [0.1, 0.15) is 6.07 Å². The maximum Gasteiger partial charge on any atom is 0.358 e. The molecular formula is C7H10FNO2. The van der Waals surface area contributed by atoms with Crippen LogP contribution in [0.3, 0.4) is 0 Å². The Morgan fingerprint density at radius 1 is 1.73 bits per heavy atom. The van der Waals surface area contributed by atoms with Gasteiger partial charge in [0.25, 0.3) is 5.67 Å². The molecule has 62 valence electrons. The Morgan fingerprint density at radius 3 is 2.55 bits per heavy atom. The van der Waals surface area contributed by atoms with Gasteiger partial charge in [-0.2, -0.15) is 5.26 Å². The lowest BCUT2D eigenvalue weighted by molar-refractivity contribution is -0.153. The second-order valence-electron chi connectivity index (χ2n) is 1.99. The summed E-state index contributed by atoms with van der Waals surface area (Å²) in [7, 11) is 0. The normalized spacial score (nSPS) is 14.7. The zero-order valence-electron chi connectivity index (χ0n) is 6.56. The van der Waals surface area contributed by atoms with Crippen LogP contribution in [0.4, 0.5) is 4.39 Å². The quantitative estimate of drug-likeness (QED) is 0.581. The molecule has 0 fully saturated rings. The van der Waals surface area contributed by atoms with Gasteiger partial charge in [0, 0.05) is 6.42 Å². The number of alkyl halides is 1. The number of nitrogens with zero attached hydrogens (tertiary/aromatic N) is 1. The lowest BCUT2D eigenvalue weighted by atomic mass is 10.1. The first-order valence-electron chi connectivity index (χ1n) is 3.38. The van der Waals surface area contributed by atoms with Gasteiger partial charge in [-0.05, 0) is 6.92 Å². The van der Waals surface area contributed by atoms with Gasteiger partial charge in [0.05, 0.1) is 6.61 Å². The van der Waals surface area contributed by atoms with E-state index in [1.54, 1.807) is 6.92 Å². The van der Waals surface area contributed by atoms with Crippen LogP contribution in [0.1, 0.15) is 20.3 Å². The maximum atomic E-state index is 13.0. The molecule has 0 unspecified atom stereocenters. The summed E-state index contributed by atoms with van der Waals surface area (Å²) < 4.78 is 17.3. The van der Waals surface area contributed by atoms with Gasteiger partial charge in [-0.3, -0.25) is 0 Å². The molecule has 3 nitrogen and oxygen atoms in total. The van der Waals surface area contributed by atoms with E-state index in [1.165, 1.54) is 13.0 Å². The van der Waals surface area contributed by atoms with E-state index in [9.17, 15) is 9.18 Å². The second kappa shape index (κ2) is 3.91. The number of carbonyl (C=O) groups excluding carboxylic acids is 1. The third kappa shape index (κ3) is 2.19. The van der Waals surface area contributed by atoms with E-state index in [4.69, 9.17) is 5.26 Å². The van der Waals surface area contributed by atoms with Crippen LogP contribution in [-0.2, 0) is 9.53 Å².